The molecule has 1 aromatic rings. The summed E-state index contributed by atoms with van der Waals surface area (Å²) >= 11 is 0. The Morgan fingerprint density at radius 3 is 2.62 bits per heavy atom. The van der Waals surface area contributed by atoms with Gasteiger partial charge in [-0.05, 0) is 50.1 Å². The quantitative estimate of drug-likeness (QED) is 0.693. The van der Waals surface area contributed by atoms with Gasteiger partial charge in [0.05, 0.1) is 0 Å². The second kappa shape index (κ2) is 4.87. The smallest absolute Gasteiger partial charge is 0.0343 e. The third-order valence-electron chi connectivity index (χ3n) is 2.22. The summed E-state index contributed by atoms with van der Waals surface area (Å²) in [5.74, 6) is 0. The van der Waals surface area contributed by atoms with Gasteiger partial charge in [-0.1, -0.05) is 6.07 Å². The van der Waals surface area contributed by atoms with Gasteiger partial charge in [0.1, 0.15) is 0 Å². The van der Waals surface area contributed by atoms with Gasteiger partial charge in [-0.15, -0.1) is 0 Å². The summed E-state index contributed by atoms with van der Waals surface area (Å²) in [6, 6.07) is 6.42. The highest BCUT2D eigenvalue weighted by Crippen LogP contribution is 2.13. The van der Waals surface area contributed by atoms with Crippen LogP contribution in [0.2, 0.25) is 0 Å². The third-order valence-corrected chi connectivity index (χ3v) is 2.22. The van der Waals surface area contributed by atoms with Crippen molar-refractivity contribution in [1.29, 1.82) is 0 Å². The third kappa shape index (κ3) is 3.07. The maximum Gasteiger partial charge on any atom is 0.0343 e. The summed E-state index contributed by atoms with van der Waals surface area (Å²) in [5.41, 5.74) is 9.27. The maximum atomic E-state index is 5.41. The van der Waals surface area contributed by atoms with E-state index in [4.69, 9.17) is 5.73 Å². The lowest BCUT2D eigenvalue weighted by Crippen LogP contribution is -2.08. The predicted molar refractivity (Wildman–Crippen MR) is 58.1 cm³/mol. The monoisotopic (exact) mass is 178 g/mol. The van der Waals surface area contributed by atoms with E-state index in [1.165, 1.54) is 16.8 Å². The minimum absolute atomic E-state index is 0.748. The minimum Gasteiger partial charge on any atom is -0.385 e. The predicted octanol–water partition coefficient (Wildman–Crippen LogP) is 2.06. The molecule has 0 aliphatic rings. The highest BCUT2D eigenvalue weighted by Gasteiger charge is 1.94. The zero-order chi connectivity index (χ0) is 9.68. The van der Waals surface area contributed by atoms with Gasteiger partial charge in [0.25, 0.3) is 0 Å². The summed E-state index contributed by atoms with van der Waals surface area (Å²) in [6.45, 7) is 5.96. The maximum absolute atomic E-state index is 5.41. The summed E-state index contributed by atoms with van der Waals surface area (Å²) in [4.78, 5) is 0. The van der Waals surface area contributed by atoms with Crippen LogP contribution in [-0.2, 0) is 0 Å². The molecular formula is C11H18N2. The first-order valence-corrected chi connectivity index (χ1v) is 4.75. The van der Waals surface area contributed by atoms with Crippen molar-refractivity contribution in [1.82, 2.24) is 0 Å². The molecule has 0 unspecified atom stereocenters. The molecule has 3 N–H and O–H groups in total. The number of benzene rings is 1. The highest BCUT2D eigenvalue weighted by molar-refractivity contribution is 5.47. The zero-order valence-electron chi connectivity index (χ0n) is 8.43. The average molecular weight is 178 g/mol. The Morgan fingerprint density at radius 1 is 1.23 bits per heavy atom. The van der Waals surface area contributed by atoms with Gasteiger partial charge in [-0.25, -0.2) is 0 Å². The molecule has 0 bridgehead atoms. The van der Waals surface area contributed by atoms with E-state index in [0.717, 1.165) is 19.5 Å². The molecule has 72 valence electrons. The second-order valence-electron chi connectivity index (χ2n) is 3.37. The molecule has 0 aliphatic heterocycles. The summed E-state index contributed by atoms with van der Waals surface area (Å²) in [7, 11) is 0. The molecule has 0 atom stereocenters. The SMILES string of the molecule is Cc1ccc(NCCCN)cc1C. The Hall–Kier alpha value is -1.02. The standard InChI is InChI=1S/C11H18N2/c1-9-4-5-11(8-10(9)2)13-7-3-6-12/h4-5,8,13H,3,6-7,12H2,1-2H3. The summed E-state index contributed by atoms with van der Waals surface area (Å²) < 4.78 is 0. The number of nitrogens with one attached hydrogen (secondary N) is 1. The molecule has 1 rings (SSSR count). The summed E-state index contributed by atoms with van der Waals surface area (Å²) in [6.07, 6.45) is 1.02. The number of aryl methyl sites for hydroxylation is 2. The molecule has 0 amide bonds. The molecule has 0 saturated heterocycles. The van der Waals surface area contributed by atoms with Gasteiger partial charge in [-0.2, -0.15) is 0 Å². The van der Waals surface area contributed by atoms with Gasteiger partial charge in [0.15, 0.2) is 0 Å². The molecule has 0 fully saturated rings. The van der Waals surface area contributed by atoms with Crippen LogP contribution in [-0.4, -0.2) is 13.1 Å². The molecule has 0 saturated carbocycles. The van der Waals surface area contributed by atoms with E-state index in [0.29, 0.717) is 0 Å². The Balaban J connectivity index is 2.53. The van der Waals surface area contributed by atoms with E-state index < -0.39 is 0 Å². The Bertz CT molecular complexity index is 269. The summed E-state index contributed by atoms with van der Waals surface area (Å²) in [5, 5.41) is 3.33. The van der Waals surface area contributed by atoms with Crippen molar-refractivity contribution >= 4 is 5.69 Å². The molecule has 0 heterocycles. The number of hydrogen-bond acceptors (Lipinski definition) is 2. The highest BCUT2D eigenvalue weighted by atomic mass is 14.9. The number of hydrogen-bond donors (Lipinski definition) is 2. The first kappa shape index (κ1) is 10.1. The normalized spacial score (nSPS) is 10.1. The molecule has 0 spiro atoms. The lowest BCUT2D eigenvalue weighted by molar-refractivity contribution is 0.874. The van der Waals surface area contributed by atoms with Crippen molar-refractivity contribution in [3.63, 3.8) is 0 Å². The molecule has 13 heavy (non-hydrogen) atoms. The number of rotatable bonds is 4. The lowest BCUT2D eigenvalue weighted by atomic mass is 10.1. The van der Waals surface area contributed by atoms with Crippen LogP contribution < -0.4 is 11.1 Å². The average Bonchev–Trinajstić information content (AvgIpc) is 2.12. The van der Waals surface area contributed by atoms with Crippen molar-refractivity contribution in [3.05, 3.63) is 29.3 Å². The van der Waals surface area contributed by atoms with E-state index in [9.17, 15) is 0 Å². The van der Waals surface area contributed by atoms with Crippen LogP contribution in [0.3, 0.4) is 0 Å². The van der Waals surface area contributed by atoms with Crippen LogP contribution in [0.4, 0.5) is 5.69 Å². The molecule has 1 aromatic carbocycles. The van der Waals surface area contributed by atoms with Crippen LogP contribution in [0, 0.1) is 13.8 Å². The van der Waals surface area contributed by atoms with Crippen molar-refractivity contribution < 1.29 is 0 Å². The molecule has 2 nitrogen and oxygen atoms in total. The Labute approximate surface area is 80.1 Å². The van der Waals surface area contributed by atoms with Crippen molar-refractivity contribution in [2.45, 2.75) is 20.3 Å². The molecule has 0 radical (unpaired) electrons. The Morgan fingerprint density at radius 2 is 2.00 bits per heavy atom. The van der Waals surface area contributed by atoms with Crippen LogP contribution in [0.1, 0.15) is 17.5 Å². The van der Waals surface area contributed by atoms with Gasteiger partial charge < -0.3 is 11.1 Å². The van der Waals surface area contributed by atoms with Crippen molar-refractivity contribution in [2.75, 3.05) is 18.4 Å². The first-order valence-electron chi connectivity index (χ1n) is 4.75. The van der Waals surface area contributed by atoms with E-state index in [2.05, 4.69) is 37.4 Å². The fraction of sp³-hybridized carbons (Fsp3) is 0.455. The van der Waals surface area contributed by atoms with Crippen LogP contribution >= 0.6 is 0 Å². The van der Waals surface area contributed by atoms with E-state index in [1.807, 2.05) is 0 Å². The largest absolute Gasteiger partial charge is 0.385 e. The van der Waals surface area contributed by atoms with Gasteiger partial charge in [0, 0.05) is 12.2 Å². The van der Waals surface area contributed by atoms with Crippen LogP contribution in [0.15, 0.2) is 18.2 Å². The molecular weight excluding hydrogens is 160 g/mol. The van der Waals surface area contributed by atoms with Crippen LogP contribution in [0.25, 0.3) is 0 Å². The fourth-order valence-corrected chi connectivity index (χ4v) is 1.19. The molecule has 2 heteroatoms. The Kier molecular flexibility index (Phi) is 3.77. The van der Waals surface area contributed by atoms with Crippen molar-refractivity contribution in [3.8, 4) is 0 Å². The van der Waals surface area contributed by atoms with Crippen molar-refractivity contribution in [2.24, 2.45) is 5.73 Å². The van der Waals surface area contributed by atoms with Gasteiger partial charge >= 0.3 is 0 Å². The van der Waals surface area contributed by atoms with Gasteiger partial charge in [0.2, 0.25) is 0 Å². The number of nitrogens with two attached hydrogens (primary N) is 1. The lowest BCUT2D eigenvalue weighted by Gasteiger charge is -2.07. The fourth-order valence-electron chi connectivity index (χ4n) is 1.19. The van der Waals surface area contributed by atoms with Crippen LogP contribution in [0.5, 0.6) is 0 Å². The first-order chi connectivity index (χ1) is 6.24. The van der Waals surface area contributed by atoms with E-state index >= 15 is 0 Å². The molecule has 0 aliphatic carbocycles. The van der Waals surface area contributed by atoms with E-state index in [-0.39, 0.29) is 0 Å². The number of anilines is 1. The zero-order valence-corrected chi connectivity index (χ0v) is 8.43. The molecule has 0 aromatic heterocycles. The van der Waals surface area contributed by atoms with E-state index in [1.54, 1.807) is 0 Å². The van der Waals surface area contributed by atoms with Gasteiger partial charge in [-0.3, -0.25) is 0 Å². The minimum atomic E-state index is 0.748. The second-order valence-corrected chi connectivity index (χ2v) is 3.37. The topological polar surface area (TPSA) is 38.0 Å².